The van der Waals surface area contributed by atoms with Crippen LogP contribution in [0.15, 0.2) is 0 Å². The van der Waals surface area contributed by atoms with Gasteiger partial charge in [0.1, 0.15) is 0 Å². The summed E-state index contributed by atoms with van der Waals surface area (Å²) in [6.07, 6.45) is 2.07. The van der Waals surface area contributed by atoms with Crippen molar-refractivity contribution in [3.05, 3.63) is 0 Å². The first-order valence-corrected chi connectivity index (χ1v) is 6.60. The third-order valence-electron chi connectivity index (χ3n) is 3.96. The molecule has 2 rings (SSSR count). The smallest absolute Gasteiger partial charge is 0.317 e. The van der Waals surface area contributed by atoms with Crippen LogP contribution in [0.1, 0.15) is 33.6 Å². The summed E-state index contributed by atoms with van der Waals surface area (Å²) in [4.78, 5) is 14.0. The highest BCUT2D eigenvalue weighted by molar-refractivity contribution is 5.74. The van der Waals surface area contributed by atoms with E-state index in [1.54, 1.807) is 0 Å². The zero-order valence-corrected chi connectivity index (χ0v) is 11.2. The normalized spacial score (nSPS) is 29.7. The SMILES string of the molecule is CC(C)(C)C1CCN(C(=O)NC2CCOC2)C1. The molecule has 2 atom stereocenters. The van der Waals surface area contributed by atoms with Crippen LogP contribution in [0, 0.1) is 11.3 Å². The Balaban J connectivity index is 1.81. The van der Waals surface area contributed by atoms with Crippen LogP contribution < -0.4 is 5.32 Å². The predicted octanol–water partition coefficient (Wildman–Crippen LogP) is 1.85. The second kappa shape index (κ2) is 4.84. The van der Waals surface area contributed by atoms with Gasteiger partial charge in [-0.25, -0.2) is 4.79 Å². The van der Waals surface area contributed by atoms with E-state index in [1.165, 1.54) is 0 Å². The lowest BCUT2D eigenvalue weighted by molar-refractivity contribution is 0.178. The minimum Gasteiger partial charge on any atom is -0.379 e. The number of nitrogens with zero attached hydrogens (tertiary/aromatic N) is 1. The largest absolute Gasteiger partial charge is 0.379 e. The fourth-order valence-electron chi connectivity index (χ4n) is 2.57. The molecule has 98 valence electrons. The van der Waals surface area contributed by atoms with E-state index >= 15 is 0 Å². The standard InChI is InChI=1S/C13H24N2O2/c1-13(2,3)10-4-6-15(8-10)12(16)14-11-5-7-17-9-11/h10-11H,4-9H2,1-3H3,(H,14,16). The minimum atomic E-state index is 0.0900. The summed E-state index contributed by atoms with van der Waals surface area (Å²) in [5, 5.41) is 3.05. The summed E-state index contributed by atoms with van der Waals surface area (Å²) in [5.41, 5.74) is 0.297. The average Bonchev–Trinajstić information content (AvgIpc) is 2.85. The van der Waals surface area contributed by atoms with E-state index in [0.29, 0.717) is 17.9 Å². The predicted molar refractivity (Wildman–Crippen MR) is 66.9 cm³/mol. The molecule has 4 heteroatoms. The molecule has 0 aromatic rings. The van der Waals surface area contributed by atoms with Gasteiger partial charge in [-0.15, -0.1) is 0 Å². The highest BCUT2D eigenvalue weighted by atomic mass is 16.5. The summed E-state index contributed by atoms with van der Waals surface area (Å²) >= 11 is 0. The number of hydrogen-bond acceptors (Lipinski definition) is 2. The maximum Gasteiger partial charge on any atom is 0.317 e. The average molecular weight is 240 g/mol. The Bertz CT molecular complexity index is 280. The molecule has 0 aromatic heterocycles. The highest BCUT2D eigenvalue weighted by Crippen LogP contribution is 2.33. The summed E-state index contributed by atoms with van der Waals surface area (Å²) in [5.74, 6) is 0.619. The van der Waals surface area contributed by atoms with Gasteiger partial charge in [0.2, 0.25) is 0 Å². The molecule has 0 aromatic carbocycles. The van der Waals surface area contributed by atoms with Crippen molar-refractivity contribution in [1.82, 2.24) is 10.2 Å². The number of nitrogens with one attached hydrogen (secondary N) is 1. The number of hydrogen-bond donors (Lipinski definition) is 1. The van der Waals surface area contributed by atoms with Crippen molar-refractivity contribution in [2.45, 2.75) is 39.7 Å². The van der Waals surface area contributed by atoms with Gasteiger partial charge in [-0.05, 0) is 24.2 Å². The molecule has 0 saturated carbocycles. The van der Waals surface area contributed by atoms with Gasteiger partial charge in [0.25, 0.3) is 0 Å². The molecule has 2 unspecified atom stereocenters. The van der Waals surface area contributed by atoms with E-state index in [-0.39, 0.29) is 12.1 Å². The third-order valence-corrected chi connectivity index (χ3v) is 3.96. The van der Waals surface area contributed by atoms with Crippen LogP contribution in [0.25, 0.3) is 0 Å². The fraction of sp³-hybridized carbons (Fsp3) is 0.923. The molecule has 0 radical (unpaired) electrons. The van der Waals surface area contributed by atoms with Crippen LogP contribution in [-0.2, 0) is 4.74 Å². The lowest BCUT2D eigenvalue weighted by atomic mass is 9.80. The first-order chi connectivity index (χ1) is 7.97. The van der Waals surface area contributed by atoms with Gasteiger partial charge >= 0.3 is 6.03 Å². The van der Waals surface area contributed by atoms with Crippen LogP contribution in [0.3, 0.4) is 0 Å². The van der Waals surface area contributed by atoms with Gasteiger partial charge in [0, 0.05) is 19.7 Å². The van der Waals surface area contributed by atoms with Crippen molar-refractivity contribution >= 4 is 6.03 Å². The monoisotopic (exact) mass is 240 g/mol. The van der Waals surface area contributed by atoms with Gasteiger partial charge in [-0.1, -0.05) is 20.8 Å². The topological polar surface area (TPSA) is 41.6 Å². The van der Waals surface area contributed by atoms with E-state index in [2.05, 4.69) is 26.1 Å². The van der Waals surface area contributed by atoms with E-state index in [9.17, 15) is 4.79 Å². The Labute approximate surface area is 104 Å². The minimum absolute atomic E-state index is 0.0900. The number of carbonyl (C=O) groups is 1. The lowest BCUT2D eigenvalue weighted by Crippen LogP contribution is -2.44. The van der Waals surface area contributed by atoms with Gasteiger partial charge < -0.3 is 15.0 Å². The number of amides is 2. The van der Waals surface area contributed by atoms with E-state index in [1.807, 2.05) is 4.90 Å². The van der Waals surface area contributed by atoms with Crippen molar-refractivity contribution in [2.24, 2.45) is 11.3 Å². The van der Waals surface area contributed by atoms with Crippen molar-refractivity contribution in [3.8, 4) is 0 Å². The van der Waals surface area contributed by atoms with Crippen LogP contribution in [0.5, 0.6) is 0 Å². The molecule has 2 amide bonds. The van der Waals surface area contributed by atoms with Crippen molar-refractivity contribution in [3.63, 3.8) is 0 Å². The van der Waals surface area contributed by atoms with Crippen molar-refractivity contribution in [2.75, 3.05) is 26.3 Å². The van der Waals surface area contributed by atoms with Gasteiger partial charge in [-0.2, -0.15) is 0 Å². The second-order valence-corrected chi connectivity index (χ2v) is 6.31. The molecule has 0 aliphatic carbocycles. The zero-order chi connectivity index (χ0) is 12.5. The van der Waals surface area contributed by atoms with Gasteiger partial charge in [-0.3, -0.25) is 0 Å². The molecule has 2 saturated heterocycles. The first-order valence-electron chi connectivity index (χ1n) is 6.60. The lowest BCUT2D eigenvalue weighted by Gasteiger charge is -2.27. The molecule has 1 N–H and O–H groups in total. The second-order valence-electron chi connectivity index (χ2n) is 6.31. The summed E-state index contributed by atoms with van der Waals surface area (Å²) in [7, 11) is 0. The number of likely N-dealkylation sites (tertiary alicyclic amines) is 1. The molecular formula is C13H24N2O2. The number of carbonyl (C=O) groups excluding carboxylic acids is 1. The van der Waals surface area contributed by atoms with Crippen LogP contribution in [0.4, 0.5) is 4.79 Å². The first kappa shape index (κ1) is 12.7. The van der Waals surface area contributed by atoms with Crippen molar-refractivity contribution < 1.29 is 9.53 Å². The quantitative estimate of drug-likeness (QED) is 0.760. The van der Waals surface area contributed by atoms with E-state index < -0.39 is 0 Å². The summed E-state index contributed by atoms with van der Waals surface area (Å²) < 4.78 is 5.26. The maximum atomic E-state index is 12.0. The zero-order valence-electron chi connectivity index (χ0n) is 11.2. The Morgan fingerprint density at radius 1 is 1.35 bits per heavy atom. The molecule has 2 heterocycles. The number of ether oxygens (including phenoxy) is 1. The summed E-state index contributed by atoms with van der Waals surface area (Å²) in [6.45, 7) is 9.99. The van der Waals surface area contributed by atoms with Gasteiger partial charge in [0.05, 0.1) is 12.6 Å². The molecule has 17 heavy (non-hydrogen) atoms. The van der Waals surface area contributed by atoms with Crippen molar-refractivity contribution in [1.29, 1.82) is 0 Å². The Kier molecular flexibility index (Phi) is 3.61. The highest BCUT2D eigenvalue weighted by Gasteiger charge is 2.34. The van der Waals surface area contributed by atoms with Crippen LogP contribution >= 0.6 is 0 Å². The Morgan fingerprint density at radius 2 is 2.12 bits per heavy atom. The fourth-order valence-corrected chi connectivity index (χ4v) is 2.57. The molecule has 2 aliphatic rings. The third kappa shape index (κ3) is 3.12. The molecular weight excluding hydrogens is 216 g/mol. The number of urea groups is 1. The number of rotatable bonds is 1. The van der Waals surface area contributed by atoms with E-state index in [0.717, 1.165) is 32.5 Å². The summed E-state index contributed by atoms with van der Waals surface area (Å²) in [6, 6.07) is 0.309. The van der Waals surface area contributed by atoms with E-state index in [4.69, 9.17) is 4.74 Å². The van der Waals surface area contributed by atoms with Gasteiger partial charge in [0.15, 0.2) is 0 Å². The van der Waals surface area contributed by atoms with Crippen LogP contribution in [0.2, 0.25) is 0 Å². The Morgan fingerprint density at radius 3 is 2.65 bits per heavy atom. The molecule has 2 fully saturated rings. The molecule has 0 spiro atoms. The molecule has 0 bridgehead atoms. The Hall–Kier alpha value is -0.770. The molecule has 2 aliphatic heterocycles. The maximum absolute atomic E-state index is 12.0. The molecule has 4 nitrogen and oxygen atoms in total. The van der Waals surface area contributed by atoms with Crippen LogP contribution in [-0.4, -0.2) is 43.3 Å².